The molecule has 0 radical (unpaired) electrons. The first-order valence-electron chi connectivity index (χ1n) is 9.66. The lowest BCUT2D eigenvalue weighted by molar-refractivity contribution is -0.133. The highest BCUT2D eigenvalue weighted by molar-refractivity contribution is 5.78. The Morgan fingerprint density at radius 2 is 1.79 bits per heavy atom. The molecule has 0 aliphatic carbocycles. The Morgan fingerprint density at radius 3 is 2.52 bits per heavy atom. The van der Waals surface area contributed by atoms with Gasteiger partial charge < -0.3 is 14.5 Å². The lowest BCUT2D eigenvalue weighted by Gasteiger charge is -2.35. The molecule has 0 unspecified atom stereocenters. The minimum atomic E-state index is 0.00305. The summed E-state index contributed by atoms with van der Waals surface area (Å²) in [7, 11) is 0. The maximum absolute atomic E-state index is 12.5. The summed E-state index contributed by atoms with van der Waals surface area (Å²) in [4.78, 5) is 25.2. The Morgan fingerprint density at radius 1 is 1.03 bits per heavy atom. The third-order valence-electron chi connectivity index (χ3n) is 5.00. The predicted molar refractivity (Wildman–Crippen MR) is 109 cm³/mol. The zero-order chi connectivity index (χ0) is 20.2. The van der Waals surface area contributed by atoms with Gasteiger partial charge in [0.25, 0.3) is 5.91 Å². The zero-order valence-electron chi connectivity index (χ0n) is 16.7. The lowest BCUT2D eigenvalue weighted by Crippen LogP contribution is -2.50. The molecule has 0 N–H and O–H groups in total. The van der Waals surface area contributed by atoms with Crippen molar-refractivity contribution >= 4 is 11.7 Å². The van der Waals surface area contributed by atoms with Crippen molar-refractivity contribution in [3.8, 4) is 11.6 Å². The fourth-order valence-corrected chi connectivity index (χ4v) is 3.31. The topological polar surface area (TPSA) is 76.4 Å². The normalized spacial score (nSPS) is 14.1. The van der Waals surface area contributed by atoms with E-state index in [0.29, 0.717) is 26.2 Å². The molecule has 0 saturated carbocycles. The summed E-state index contributed by atoms with van der Waals surface area (Å²) in [6, 6.07) is 11.6. The van der Waals surface area contributed by atoms with Crippen LogP contribution in [0.1, 0.15) is 11.3 Å². The van der Waals surface area contributed by atoms with Gasteiger partial charge in [0.1, 0.15) is 17.9 Å². The van der Waals surface area contributed by atoms with Crippen LogP contribution in [-0.2, 0) is 4.79 Å². The summed E-state index contributed by atoms with van der Waals surface area (Å²) in [5, 5.41) is 4.40. The highest BCUT2D eigenvalue weighted by Crippen LogP contribution is 2.18. The zero-order valence-corrected chi connectivity index (χ0v) is 16.7. The summed E-state index contributed by atoms with van der Waals surface area (Å²) in [6.07, 6.45) is 3.43. The van der Waals surface area contributed by atoms with Crippen molar-refractivity contribution in [3.05, 3.63) is 60.2 Å². The molecule has 4 rings (SSSR count). The fourth-order valence-electron chi connectivity index (χ4n) is 3.31. The van der Waals surface area contributed by atoms with E-state index in [4.69, 9.17) is 4.74 Å². The number of ether oxygens (including phenoxy) is 1. The molecule has 8 heteroatoms. The number of piperazine rings is 1. The minimum absolute atomic E-state index is 0.00305. The smallest absolute Gasteiger partial charge is 0.260 e. The molecule has 29 heavy (non-hydrogen) atoms. The van der Waals surface area contributed by atoms with Crippen LogP contribution in [0.15, 0.2) is 48.9 Å². The van der Waals surface area contributed by atoms with Gasteiger partial charge in [-0.15, -0.1) is 0 Å². The molecule has 1 aromatic carbocycles. The van der Waals surface area contributed by atoms with Crippen LogP contribution in [0.2, 0.25) is 0 Å². The number of carbonyl (C=O) groups excluding carboxylic acids is 1. The molecule has 1 fully saturated rings. The van der Waals surface area contributed by atoms with E-state index in [0.717, 1.165) is 28.6 Å². The molecular formula is C21H24N6O2. The van der Waals surface area contributed by atoms with Crippen molar-refractivity contribution < 1.29 is 9.53 Å². The van der Waals surface area contributed by atoms with Crippen molar-refractivity contribution in [2.75, 3.05) is 37.7 Å². The van der Waals surface area contributed by atoms with Gasteiger partial charge in [0, 0.05) is 38.4 Å². The van der Waals surface area contributed by atoms with Gasteiger partial charge in [0.15, 0.2) is 12.4 Å². The van der Waals surface area contributed by atoms with Crippen LogP contribution in [0.3, 0.4) is 0 Å². The Bertz CT molecular complexity index is 994. The van der Waals surface area contributed by atoms with Crippen molar-refractivity contribution in [1.82, 2.24) is 24.6 Å². The average Bonchev–Trinajstić information content (AvgIpc) is 3.19. The molecule has 0 bridgehead atoms. The highest BCUT2D eigenvalue weighted by atomic mass is 16.5. The van der Waals surface area contributed by atoms with E-state index >= 15 is 0 Å². The number of hydrogen-bond acceptors (Lipinski definition) is 6. The average molecular weight is 392 g/mol. The van der Waals surface area contributed by atoms with Crippen LogP contribution >= 0.6 is 0 Å². The minimum Gasteiger partial charge on any atom is -0.484 e. The Kier molecular flexibility index (Phi) is 5.41. The number of rotatable bonds is 5. The number of anilines is 1. The van der Waals surface area contributed by atoms with Gasteiger partial charge in [-0.1, -0.05) is 18.2 Å². The van der Waals surface area contributed by atoms with Gasteiger partial charge in [-0.05, 0) is 31.5 Å². The van der Waals surface area contributed by atoms with Crippen LogP contribution < -0.4 is 9.64 Å². The van der Waals surface area contributed by atoms with E-state index in [-0.39, 0.29) is 12.5 Å². The molecule has 0 atom stereocenters. The van der Waals surface area contributed by atoms with Gasteiger partial charge in [-0.2, -0.15) is 5.10 Å². The second-order valence-corrected chi connectivity index (χ2v) is 7.06. The standard InChI is InChI=1S/C21H24N6O2/c1-16-5-3-4-6-18(16)29-14-21(28)26-11-9-25(10-12-26)19-13-20(23-15-22-19)27-8-7-17(2)24-27/h3-8,13,15H,9-12,14H2,1-2H3. The summed E-state index contributed by atoms with van der Waals surface area (Å²) in [6.45, 7) is 6.67. The van der Waals surface area contributed by atoms with Crippen LogP contribution in [0.4, 0.5) is 5.82 Å². The number of benzene rings is 1. The fraction of sp³-hybridized carbons (Fsp3) is 0.333. The van der Waals surface area contributed by atoms with E-state index in [1.165, 1.54) is 0 Å². The maximum Gasteiger partial charge on any atom is 0.260 e. The molecule has 1 saturated heterocycles. The molecule has 3 aromatic rings. The van der Waals surface area contributed by atoms with Crippen LogP contribution in [0.25, 0.3) is 5.82 Å². The SMILES string of the molecule is Cc1ccn(-c2cc(N3CCN(C(=O)COc4ccccc4C)CC3)ncn2)n1. The molecule has 2 aromatic heterocycles. The second-order valence-electron chi connectivity index (χ2n) is 7.06. The van der Waals surface area contributed by atoms with Crippen molar-refractivity contribution in [3.63, 3.8) is 0 Å². The molecule has 8 nitrogen and oxygen atoms in total. The molecule has 1 amide bonds. The van der Waals surface area contributed by atoms with Crippen LogP contribution in [0.5, 0.6) is 5.75 Å². The third-order valence-corrected chi connectivity index (χ3v) is 5.00. The first kappa shape index (κ1) is 18.9. The highest BCUT2D eigenvalue weighted by Gasteiger charge is 2.22. The molecule has 0 spiro atoms. The van der Waals surface area contributed by atoms with E-state index in [1.807, 2.05) is 61.3 Å². The van der Waals surface area contributed by atoms with E-state index in [2.05, 4.69) is 20.0 Å². The molecule has 1 aliphatic heterocycles. The number of hydrogen-bond donors (Lipinski definition) is 0. The number of nitrogens with zero attached hydrogens (tertiary/aromatic N) is 6. The Hall–Kier alpha value is -3.42. The van der Waals surface area contributed by atoms with Gasteiger partial charge in [0.2, 0.25) is 0 Å². The summed E-state index contributed by atoms with van der Waals surface area (Å²) in [5.41, 5.74) is 1.96. The Balaban J connectivity index is 1.33. The molecular weight excluding hydrogens is 368 g/mol. The summed E-state index contributed by atoms with van der Waals surface area (Å²) in [5.74, 6) is 2.32. The quantitative estimate of drug-likeness (QED) is 0.661. The first-order chi connectivity index (χ1) is 14.1. The number of carbonyl (C=O) groups is 1. The van der Waals surface area contributed by atoms with Crippen molar-refractivity contribution in [1.29, 1.82) is 0 Å². The van der Waals surface area contributed by atoms with Gasteiger partial charge >= 0.3 is 0 Å². The first-order valence-corrected chi connectivity index (χ1v) is 9.66. The number of aryl methyl sites for hydroxylation is 2. The number of para-hydroxylation sites is 1. The summed E-state index contributed by atoms with van der Waals surface area (Å²) < 4.78 is 7.43. The van der Waals surface area contributed by atoms with Crippen LogP contribution in [-0.4, -0.2) is 63.3 Å². The second kappa shape index (κ2) is 8.30. The summed E-state index contributed by atoms with van der Waals surface area (Å²) >= 11 is 0. The van der Waals surface area contributed by atoms with Gasteiger partial charge in [0.05, 0.1) is 5.69 Å². The largest absolute Gasteiger partial charge is 0.484 e. The third kappa shape index (κ3) is 4.37. The van der Waals surface area contributed by atoms with E-state index < -0.39 is 0 Å². The van der Waals surface area contributed by atoms with E-state index in [1.54, 1.807) is 11.0 Å². The lowest BCUT2D eigenvalue weighted by atomic mass is 10.2. The van der Waals surface area contributed by atoms with Crippen molar-refractivity contribution in [2.24, 2.45) is 0 Å². The molecule has 3 heterocycles. The van der Waals surface area contributed by atoms with Crippen molar-refractivity contribution in [2.45, 2.75) is 13.8 Å². The number of aromatic nitrogens is 4. The molecule has 150 valence electrons. The predicted octanol–water partition coefficient (Wildman–Crippen LogP) is 2.01. The number of amides is 1. The van der Waals surface area contributed by atoms with Gasteiger partial charge in [-0.25, -0.2) is 14.6 Å². The monoisotopic (exact) mass is 392 g/mol. The van der Waals surface area contributed by atoms with Crippen LogP contribution in [0, 0.1) is 13.8 Å². The van der Waals surface area contributed by atoms with Gasteiger partial charge in [-0.3, -0.25) is 4.79 Å². The molecule has 1 aliphatic rings. The maximum atomic E-state index is 12.5. The van der Waals surface area contributed by atoms with E-state index in [9.17, 15) is 4.79 Å². The Labute approximate surface area is 169 Å².